The molecule has 0 spiro atoms. The third-order valence-corrected chi connectivity index (χ3v) is 4.09. The molecule has 0 heterocycles. The molecule has 0 atom stereocenters. The van der Waals surface area contributed by atoms with Gasteiger partial charge in [0.1, 0.15) is 11.5 Å². The first-order chi connectivity index (χ1) is 13.6. The minimum Gasteiger partial charge on any atom is -0.493 e. The number of rotatable bonds is 10. The van der Waals surface area contributed by atoms with Crippen LogP contribution in [0.15, 0.2) is 48.5 Å². The molecular weight excluding hydrogens is 356 g/mol. The zero-order valence-electron chi connectivity index (χ0n) is 16.5. The van der Waals surface area contributed by atoms with Crippen molar-refractivity contribution in [3.63, 3.8) is 0 Å². The van der Waals surface area contributed by atoms with Crippen molar-refractivity contribution >= 4 is 11.8 Å². The van der Waals surface area contributed by atoms with Gasteiger partial charge in [-0.05, 0) is 37.6 Å². The fourth-order valence-electron chi connectivity index (χ4n) is 2.50. The van der Waals surface area contributed by atoms with E-state index in [1.54, 1.807) is 30.3 Å². The van der Waals surface area contributed by atoms with Crippen LogP contribution in [-0.4, -0.2) is 25.0 Å². The number of carbonyl (C=O) groups is 2. The van der Waals surface area contributed by atoms with E-state index < -0.39 is 11.8 Å². The highest BCUT2D eigenvalue weighted by molar-refractivity contribution is 5.97. The van der Waals surface area contributed by atoms with Crippen LogP contribution in [0.25, 0.3) is 0 Å². The Balaban J connectivity index is 1.78. The molecule has 0 aromatic heterocycles. The van der Waals surface area contributed by atoms with E-state index in [9.17, 15) is 9.59 Å². The summed E-state index contributed by atoms with van der Waals surface area (Å²) in [6.07, 6.45) is 4.37. The second-order valence-electron chi connectivity index (χ2n) is 6.51. The Morgan fingerprint density at radius 2 is 1.64 bits per heavy atom. The van der Waals surface area contributed by atoms with Crippen LogP contribution in [0.4, 0.5) is 0 Å². The summed E-state index contributed by atoms with van der Waals surface area (Å²) in [5.41, 5.74) is 6.23. The van der Waals surface area contributed by atoms with Gasteiger partial charge in [-0.2, -0.15) is 0 Å². The van der Waals surface area contributed by atoms with Gasteiger partial charge in [0.25, 0.3) is 11.8 Å². The Hall–Kier alpha value is -3.02. The molecule has 6 heteroatoms. The molecular formula is C22H28N2O4. The van der Waals surface area contributed by atoms with Crippen molar-refractivity contribution < 1.29 is 19.1 Å². The van der Waals surface area contributed by atoms with Gasteiger partial charge in [0.2, 0.25) is 0 Å². The largest absolute Gasteiger partial charge is 0.493 e. The van der Waals surface area contributed by atoms with Crippen LogP contribution in [0, 0.1) is 6.92 Å². The van der Waals surface area contributed by atoms with Crippen molar-refractivity contribution in [3.8, 4) is 11.5 Å². The molecule has 2 rings (SSSR count). The molecule has 2 aromatic carbocycles. The molecule has 150 valence electrons. The standard InChI is InChI=1S/C22H28N2O4/c1-3-4-5-8-15-27-20-10-7-6-9-19(20)22(26)24-23-21(25)16-28-18-13-11-17(2)12-14-18/h6-7,9-14H,3-5,8,15-16H2,1-2H3,(H,23,25)(H,24,26). The van der Waals surface area contributed by atoms with E-state index in [4.69, 9.17) is 9.47 Å². The minimum atomic E-state index is -0.452. The van der Waals surface area contributed by atoms with Gasteiger partial charge in [-0.3, -0.25) is 20.4 Å². The van der Waals surface area contributed by atoms with Crippen molar-refractivity contribution in [2.45, 2.75) is 39.5 Å². The van der Waals surface area contributed by atoms with E-state index in [0.717, 1.165) is 24.8 Å². The van der Waals surface area contributed by atoms with Crippen molar-refractivity contribution in [1.29, 1.82) is 0 Å². The van der Waals surface area contributed by atoms with Crippen LogP contribution in [0.5, 0.6) is 11.5 Å². The summed E-state index contributed by atoms with van der Waals surface area (Å²) in [5.74, 6) is 0.204. The summed E-state index contributed by atoms with van der Waals surface area (Å²) < 4.78 is 11.1. The quantitative estimate of drug-likeness (QED) is 0.483. The molecule has 0 aliphatic carbocycles. The lowest BCUT2D eigenvalue weighted by atomic mass is 10.2. The maximum Gasteiger partial charge on any atom is 0.276 e. The molecule has 28 heavy (non-hydrogen) atoms. The highest BCUT2D eigenvalue weighted by Crippen LogP contribution is 2.18. The van der Waals surface area contributed by atoms with Crippen LogP contribution in [0.1, 0.15) is 48.5 Å². The number of para-hydroxylation sites is 1. The zero-order chi connectivity index (χ0) is 20.2. The molecule has 0 aliphatic rings. The van der Waals surface area contributed by atoms with Crippen LogP contribution in [0.2, 0.25) is 0 Å². The van der Waals surface area contributed by atoms with Gasteiger partial charge in [-0.1, -0.05) is 56.0 Å². The van der Waals surface area contributed by atoms with Gasteiger partial charge in [0.05, 0.1) is 12.2 Å². The van der Waals surface area contributed by atoms with Crippen LogP contribution >= 0.6 is 0 Å². The summed E-state index contributed by atoms with van der Waals surface area (Å²) >= 11 is 0. The molecule has 0 saturated carbocycles. The maximum atomic E-state index is 12.4. The molecule has 0 unspecified atom stereocenters. The predicted octanol–water partition coefficient (Wildman–Crippen LogP) is 3.79. The average Bonchev–Trinajstić information content (AvgIpc) is 2.71. The van der Waals surface area contributed by atoms with E-state index in [2.05, 4.69) is 17.8 Å². The van der Waals surface area contributed by atoms with Gasteiger partial charge >= 0.3 is 0 Å². The van der Waals surface area contributed by atoms with Crippen molar-refractivity contribution in [2.24, 2.45) is 0 Å². The first-order valence-corrected chi connectivity index (χ1v) is 9.60. The Morgan fingerprint density at radius 3 is 2.39 bits per heavy atom. The second-order valence-corrected chi connectivity index (χ2v) is 6.51. The van der Waals surface area contributed by atoms with E-state index in [1.807, 2.05) is 25.1 Å². The summed E-state index contributed by atoms with van der Waals surface area (Å²) in [4.78, 5) is 24.3. The normalized spacial score (nSPS) is 10.2. The first kappa shape index (κ1) is 21.3. The Labute approximate surface area is 166 Å². The van der Waals surface area contributed by atoms with Crippen LogP contribution < -0.4 is 20.3 Å². The summed E-state index contributed by atoms with van der Waals surface area (Å²) in [6.45, 7) is 4.49. The Morgan fingerprint density at radius 1 is 0.893 bits per heavy atom. The number of unbranched alkanes of at least 4 members (excludes halogenated alkanes) is 3. The topological polar surface area (TPSA) is 76.7 Å². The van der Waals surface area contributed by atoms with E-state index in [1.165, 1.54) is 6.42 Å². The molecule has 0 fully saturated rings. The fraction of sp³-hybridized carbons (Fsp3) is 0.364. The third kappa shape index (κ3) is 7.31. The highest BCUT2D eigenvalue weighted by Gasteiger charge is 2.13. The molecule has 0 bridgehead atoms. The third-order valence-electron chi connectivity index (χ3n) is 4.09. The monoisotopic (exact) mass is 384 g/mol. The van der Waals surface area contributed by atoms with Gasteiger partial charge < -0.3 is 9.47 Å². The van der Waals surface area contributed by atoms with Gasteiger partial charge in [-0.15, -0.1) is 0 Å². The van der Waals surface area contributed by atoms with Crippen molar-refractivity contribution in [1.82, 2.24) is 10.9 Å². The molecule has 0 saturated heterocycles. The summed E-state index contributed by atoms with van der Waals surface area (Å²) in [6, 6.07) is 14.3. The van der Waals surface area contributed by atoms with Crippen LogP contribution in [0.3, 0.4) is 0 Å². The lowest BCUT2D eigenvalue weighted by Crippen LogP contribution is -2.43. The molecule has 2 aromatic rings. The maximum absolute atomic E-state index is 12.4. The van der Waals surface area contributed by atoms with Gasteiger partial charge in [-0.25, -0.2) is 0 Å². The highest BCUT2D eigenvalue weighted by atomic mass is 16.5. The zero-order valence-corrected chi connectivity index (χ0v) is 16.5. The smallest absolute Gasteiger partial charge is 0.276 e. The SMILES string of the molecule is CCCCCCOc1ccccc1C(=O)NNC(=O)COc1ccc(C)cc1. The van der Waals surface area contributed by atoms with E-state index >= 15 is 0 Å². The molecule has 2 amide bonds. The number of nitrogens with one attached hydrogen (secondary N) is 2. The van der Waals surface area contributed by atoms with Crippen LogP contribution in [-0.2, 0) is 4.79 Å². The summed E-state index contributed by atoms with van der Waals surface area (Å²) in [7, 11) is 0. The number of amides is 2. The Bertz CT molecular complexity index is 759. The molecule has 0 radical (unpaired) electrons. The minimum absolute atomic E-state index is 0.196. The van der Waals surface area contributed by atoms with E-state index in [0.29, 0.717) is 23.7 Å². The predicted molar refractivity (Wildman–Crippen MR) is 108 cm³/mol. The molecule has 6 nitrogen and oxygen atoms in total. The number of hydrogen-bond acceptors (Lipinski definition) is 4. The lowest BCUT2D eigenvalue weighted by Gasteiger charge is -2.12. The summed E-state index contributed by atoms with van der Waals surface area (Å²) in [5, 5.41) is 0. The molecule has 2 N–H and O–H groups in total. The van der Waals surface area contributed by atoms with Gasteiger partial charge in [0, 0.05) is 0 Å². The second kappa shape index (κ2) is 11.6. The number of aryl methyl sites for hydroxylation is 1. The first-order valence-electron chi connectivity index (χ1n) is 9.60. The Kier molecular flexibility index (Phi) is 8.85. The fourth-order valence-corrected chi connectivity index (χ4v) is 2.50. The van der Waals surface area contributed by atoms with Gasteiger partial charge in [0.15, 0.2) is 6.61 Å². The molecule has 0 aliphatic heterocycles. The van der Waals surface area contributed by atoms with E-state index in [-0.39, 0.29) is 6.61 Å². The average molecular weight is 384 g/mol. The number of hydrazine groups is 1. The number of ether oxygens (including phenoxy) is 2. The van der Waals surface area contributed by atoms with Crippen molar-refractivity contribution in [2.75, 3.05) is 13.2 Å². The number of carbonyl (C=O) groups excluding carboxylic acids is 2. The number of hydrogen-bond donors (Lipinski definition) is 2. The van der Waals surface area contributed by atoms with Crippen molar-refractivity contribution in [3.05, 3.63) is 59.7 Å². The number of benzene rings is 2. The lowest BCUT2D eigenvalue weighted by molar-refractivity contribution is -0.123.